The minimum atomic E-state index is -0.899. The molecule has 0 spiro atoms. The first kappa shape index (κ1) is 17.9. The molecule has 1 fully saturated rings. The molecule has 2 aliphatic rings. The van der Waals surface area contributed by atoms with Crippen molar-refractivity contribution < 1.29 is 24.2 Å². The quantitative estimate of drug-likeness (QED) is 0.818. The van der Waals surface area contributed by atoms with Crippen molar-refractivity contribution in [2.24, 2.45) is 0 Å². The summed E-state index contributed by atoms with van der Waals surface area (Å²) in [7, 11) is 0. The molecule has 0 aromatic heterocycles. The highest BCUT2D eigenvalue weighted by atomic mass is 16.5. The second-order valence-electron chi connectivity index (χ2n) is 6.63. The minimum Gasteiger partial charge on any atom is -0.481 e. The second kappa shape index (κ2) is 8.45. The van der Waals surface area contributed by atoms with Gasteiger partial charge in [-0.05, 0) is 30.4 Å². The standard InChI is InChI=1S/C19H25NO5/c21-18(12-17-16-6-2-1-4-14(16)8-11-25-17)20(9-7-19(22)23)13-15-5-3-10-24-15/h1-2,4,6,15,17H,3,5,7-13H2,(H,22,23). The minimum absolute atomic E-state index is 0.0114. The fourth-order valence-corrected chi connectivity index (χ4v) is 3.52. The molecule has 0 bridgehead atoms. The van der Waals surface area contributed by atoms with E-state index in [0.29, 0.717) is 19.8 Å². The maximum atomic E-state index is 12.8. The molecule has 1 amide bonds. The van der Waals surface area contributed by atoms with E-state index in [1.54, 1.807) is 4.90 Å². The van der Waals surface area contributed by atoms with Crippen molar-refractivity contribution in [2.45, 2.75) is 44.3 Å². The zero-order chi connectivity index (χ0) is 17.6. The average Bonchev–Trinajstić information content (AvgIpc) is 3.12. The lowest BCUT2D eigenvalue weighted by Crippen LogP contribution is -2.39. The van der Waals surface area contributed by atoms with Gasteiger partial charge in [-0.2, -0.15) is 0 Å². The lowest BCUT2D eigenvalue weighted by molar-refractivity contribution is -0.140. The first-order valence-corrected chi connectivity index (χ1v) is 8.94. The number of rotatable bonds is 7. The molecule has 136 valence electrons. The van der Waals surface area contributed by atoms with E-state index in [-0.39, 0.29) is 37.5 Å². The van der Waals surface area contributed by atoms with Crippen LogP contribution >= 0.6 is 0 Å². The third-order valence-electron chi connectivity index (χ3n) is 4.85. The van der Waals surface area contributed by atoms with Crippen LogP contribution < -0.4 is 0 Å². The highest BCUT2D eigenvalue weighted by Gasteiger charge is 2.28. The van der Waals surface area contributed by atoms with E-state index in [2.05, 4.69) is 6.07 Å². The molecule has 0 radical (unpaired) electrons. The fraction of sp³-hybridized carbons (Fsp3) is 0.579. The van der Waals surface area contributed by atoms with Crippen molar-refractivity contribution in [3.63, 3.8) is 0 Å². The van der Waals surface area contributed by atoms with E-state index in [4.69, 9.17) is 14.6 Å². The molecular formula is C19H25NO5. The Morgan fingerprint density at radius 2 is 2.04 bits per heavy atom. The van der Waals surface area contributed by atoms with Crippen molar-refractivity contribution in [3.05, 3.63) is 35.4 Å². The zero-order valence-corrected chi connectivity index (χ0v) is 14.4. The number of carboxylic acids is 1. The molecule has 25 heavy (non-hydrogen) atoms. The summed E-state index contributed by atoms with van der Waals surface area (Å²) in [5.41, 5.74) is 2.29. The normalized spacial score (nSPS) is 22.4. The largest absolute Gasteiger partial charge is 0.481 e. The van der Waals surface area contributed by atoms with Gasteiger partial charge in [0.25, 0.3) is 0 Å². The summed E-state index contributed by atoms with van der Waals surface area (Å²) in [6.45, 7) is 1.99. The summed E-state index contributed by atoms with van der Waals surface area (Å²) in [6.07, 6.45) is 2.71. The van der Waals surface area contributed by atoms with Crippen LogP contribution in [-0.2, 0) is 25.5 Å². The SMILES string of the molecule is O=C(O)CCN(CC1CCCO1)C(=O)CC1OCCc2ccccc21. The van der Waals surface area contributed by atoms with Crippen LogP contribution in [-0.4, -0.2) is 54.3 Å². The van der Waals surface area contributed by atoms with Crippen LogP contribution in [0.1, 0.15) is 42.9 Å². The van der Waals surface area contributed by atoms with Gasteiger partial charge in [-0.3, -0.25) is 9.59 Å². The molecule has 1 saturated heterocycles. The van der Waals surface area contributed by atoms with Crippen LogP contribution in [0.15, 0.2) is 24.3 Å². The third kappa shape index (κ3) is 4.80. The van der Waals surface area contributed by atoms with Crippen molar-refractivity contribution in [2.75, 3.05) is 26.3 Å². The summed E-state index contributed by atoms with van der Waals surface area (Å²) >= 11 is 0. The lowest BCUT2D eigenvalue weighted by Gasteiger charge is -2.30. The zero-order valence-electron chi connectivity index (χ0n) is 14.4. The van der Waals surface area contributed by atoms with Crippen LogP contribution in [0.4, 0.5) is 0 Å². The Morgan fingerprint density at radius 3 is 2.80 bits per heavy atom. The first-order chi connectivity index (χ1) is 12.1. The van der Waals surface area contributed by atoms with Crippen LogP contribution in [0.5, 0.6) is 0 Å². The van der Waals surface area contributed by atoms with Gasteiger partial charge in [-0.15, -0.1) is 0 Å². The van der Waals surface area contributed by atoms with Crippen LogP contribution in [0, 0.1) is 0 Å². The highest BCUT2D eigenvalue weighted by molar-refractivity contribution is 5.78. The predicted octanol–water partition coefficient (Wildman–Crippen LogP) is 2.17. The summed E-state index contributed by atoms with van der Waals surface area (Å²) in [4.78, 5) is 25.4. The number of fused-ring (bicyclic) bond motifs is 1. The maximum absolute atomic E-state index is 12.8. The molecule has 2 aliphatic heterocycles. The molecule has 1 aromatic carbocycles. The number of benzene rings is 1. The second-order valence-corrected chi connectivity index (χ2v) is 6.63. The van der Waals surface area contributed by atoms with Crippen LogP contribution in [0.2, 0.25) is 0 Å². The Balaban J connectivity index is 1.65. The van der Waals surface area contributed by atoms with Gasteiger partial charge in [0.2, 0.25) is 5.91 Å². The molecule has 1 aromatic rings. The van der Waals surface area contributed by atoms with E-state index in [1.807, 2.05) is 18.2 Å². The van der Waals surface area contributed by atoms with E-state index in [1.165, 1.54) is 5.56 Å². The van der Waals surface area contributed by atoms with Crippen molar-refractivity contribution >= 4 is 11.9 Å². The number of carboxylic acid groups (broad SMARTS) is 1. The Labute approximate surface area is 147 Å². The van der Waals surface area contributed by atoms with Gasteiger partial charge in [-0.1, -0.05) is 24.3 Å². The number of ether oxygens (including phenoxy) is 2. The summed E-state index contributed by atoms with van der Waals surface area (Å²) in [5, 5.41) is 8.96. The monoisotopic (exact) mass is 347 g/mol. The van der Waals surface area contributed by atoms with Crippen molar-refractivity contribution in [1.82, 2.24) is 4.90 Å². The fourth-order valence-electron chi connectivity index (χ4n) is 3.52. The number of amides is 1. The van der Waals surface area contributed by atoms with Crippen LogP contribution in [0.25, 0.3) is 0 Å². The van der Waals surface area contributed by atoms with Gasteiger partial charge in [0.15, 0.2) is 0 Å². The number of hydrogen-bond acceptors (Lipinski definition) is 4. The third-order valence-corrected chi connectivity index (χ3v) is 4.85. The molecule has 2 atom stereocenters. The topological polar surface area (TPSA) is 76.1 Å². The number of hydrogen-bond donors (Lipinski definition) is 1. The number of nitrogens with zero attached hydrogens (tertiary/aromatic N) is 1. The molecule has 2 unspecified atom stereocenters. The van der Waals surface area contributed by atoms with E-state index >= 15 is 0 Å². The predicted molar refractivity (Wildman–Crippen MR) is 91.3 cm³/mol. The Hall–Kier alpha value is -1.92. The van der Waals surface area contributed by atoms with Crippen LogP contribution in [0.3, 0.4) is 0 Å². The first-order valence-electron chi connectivity index (χ1n) is 8.94. The van der Waals surface area contributed by atoms with E-state index in [0.717, 1.165) is 24.8 Å². The molecule has 3 rings (SSSR count). The number of aliphatic carboxylic acids is 1. The molecular weight excluding hydrogens is 322 g/mol. The Kier molecular flexibility index (Phi) is 6.04. The van der Waals surface area contributed by atoms with Gasteiger partial charge < -0.3 is 19.5 Å². The number of carbonyl (C=O) groups excluding carboxylic acids is 1. The molecule has 6 heteroatoms. The van der Waals surface area contributed by atoms with Gasteiger partial charge in [0.05, 0.1) is 31.7 Å². The van der Waals surface area contributed by atoms with Gasteiger partial charge in [-0.25, -0.2) is 0 Å². The maximum Gasteiger partial charge on any atom is 0.305 e. The summed E-state index contributed by atoms with van der Waals surface area (Å²) < 4.78 is 11.4. The number of carbonyl (C=O) groups is 2. The molecule has 0 aliphatic carbocycles. The highest BCUT2D eigenvalue weighted by Crippen LogP contribution is 2.30. The van der Waals surface area contributed by atoms with E-state index < -0.39 is 5.97 Å². The molecule has 6 nitrogen and oxygen atoms in total. The Bertz CT molecular complexity index is 612. The van der Waals surface area contributed by atoms with Gasteiger partial charge in [0.1, 0.15) is 0 Å². The molecule has 2 heterocycles. The lowest BCUT2D eigenvalue weighted by atomic mass is 9.95. The molecule has 1 N–H and O–H groups in total. The van der Waals surface area contributed by atoms with E-state index in [9.17, 15) is 9.59 Å². The average molecular weight is 347 g/mol. The summed E-state index contributed by atoms with van der Waals surface area (Å²) in [5.74, 6) is -0.970. The smallest absolute Gasteiger partial charge is 0.305 e. The molecule has 0 saturated carbocycles. The summed E-state index contributed by atoms with van der Waals surface area (Å²) in [6, 6.07) is 8.04. The Morgan fingerprint density at radius 1 is 1.20 bits per heavy atom. The van der Waals surface area contributed by atoms with Gasteiger partial charge in [0, 0.05) is 19.7 Å². The van der Waals surface area contributed by atoms with Crippen molar-refractivity contribution in [1.29, 1.82) is 0 Å². The van der Waals surface area contributed by atoms with Crippen molar-refractivity contribution in [3.8, 4) is 0 Å². The van der Waals surface area contributed by atoms with Gasteiger partial charge >= 0.3 is 5.97 Å².